The van der Waals surface area contributed by atoms with Crippen molar-refractivity contribution in [3.05, 3.63) is 35.7 Å². The molecule has 0 aliphatic carbocycles. The molecule has 0 bridgehead atoms. The smallest absolute Gasteiger partial charge is 0.240 e. The lowest BCUT2D eigenvalue weighted by Crippen LogP contribution is -2.28. The minimum absolute atomic E-state index is 0.162. The number of hydrogen-bond donors (Lipinski definition) is 1. The SMILES string of the molecule is Cc1cc(C)n(CCNS(=O)(=O)c2ccc3c(c2)OCCO3)n1. The van der Waals surface area contributed by atoms with Crippen LogP contribution in [0.25, 0.3) is 0 Å². The van der Waals surface area contributed by atoms with Gasteiger partial charge < -0.3 is 9.47 Å². The lowest BCUT2D eigenvalue weighted by atomic mass is 10.3. The largest absolute Gasteiger partial charge is 0.486 e. The van der Waals surface area contributed by atoms with Gasteiger partial charge in [0.2, 0.25) is 10.0 Å². The zero-order valence-electron chi connectivity index (χ0n) is 13.1. The fraction of sp³-hybridized carbons (Fsp3) is 0.400. The Morgan fingerprint density at radius 3 is 2.61 bits per heavy atom. The normalized spacial score (nSPS) is 14.0. The van der Waals surface area contributed by atoms with Crippen LogP contribution < -0.4 is 14.2 Å². The highest BCUT2D eigenvalue weighted by Crippen LogP contribution is 2.32. The van der Waals surface area contributed by atoms with Gasteiger partial charge in [0, 0.05) is 18.3 Å². The number of aryl methyl sites for hydroxylation is 2. The second-order valence-electron chi connectivity index (χ2n) is 5.35. The van der Waals surface area contributed by atoms with Gasteiger partial charge in [0.15, 0.2) is 11.5 Å². The lowest BCUT2D eigenvalue weighted by molar-refractivity contribution is 0.171. The molecule has 0 saturated heterocycles. The van der Waals surface area contributed by atoms with E-state index >= 15 is 0 Å². The summed E-state index contributed by atoms with van der Waals surface area (Å²) in [5.74, 6) is 1.02. The molecule has 1 aromatic heterocycles. The number of rotatable bonds is 5. The summed E-state index contributed by atoms with van der Waals surface area (Å²) in [6.07, 6.45) is 0. The number of nitrogens with one attached hydrogen (secondary N) is 1. The van der Waals surface area contributed by atoms with Crippen LogP contribution >= 0.6 is 0 Å². The molecule has 0 atom stereocenters. The Morgan fingerprint density at radius 2 is 1.91 bits per heavy atom. The predicted molar refractivity (Wildman–Crippen MR) is 84.3 cm³/mol. The molecule has 1 aliphatic heterocycles. The zero-order valence-corrected chi connectivity index (χ0v) is 13.9. The van der Waals surface area contributed by atoms with E-state index in [1.54, 1.807) is 10.7 Å². The Hall–Kier alpha value is -2.06. The van der Waals surface area contributed by atoms with E-state index < -0.39 is 10.0 Å². The minimum atomic E-state index is -3.60. The van der Waals surface area contributed by atoms with Gasteiger partial charge in [0.1, 0.15) is 13.2 Å². The van der Waals surface area contributed by atoms with Gasteiger partial charge in [0.25, 0.3) is 0 Å². The van der Waals surface area contributed by atoms with Crippen molar-refractivity contribution >= 4 is 10.0 Å². The van der Waals surface area contributed by atoms with E-state index in [1.165, 1.54) is 12.1 Å². The van der Waals surface area contributed by atoms with Crippen molar-refractivity contribution in [2.24, 2.45) is 0 Å². The minimum Gasteiger partial charge on any atom is -0.486 e. The third-order valence-corrected chi connectivity index (χ3v) is 5.00. The van der Waals surface area contributed by atoms with Crippen molar-refractivity contribution in [1.29, 1.82) is 0 Å². The molecule has 1 aromatic carbocycles. The summed E-state index contributed by atoms with van der Waals surface area (Å²) in [4.78, 5) is 0.162. The van der Waals surface area contributed by atoms with Crippen LogP contribution in [-0.2, 0) is 16.6 Å². The summed E-state index contributed by atoms with van der Waals surface area (Å²) in [6, 6.07) is 6.57. The van der Waals surface area contributed by atoms with E-state index in [2.05, 4.69) is 9.82 Å². The summed E-state index contributed by atoms with van der Waals surface area (Å²) >= 11 is 0. The van der Waals surface area contributed by atoms with E-state index in [4.69, 9.17) is 9.47 Å². The van der Waals surface area contributed by atoms with Crippen LogP contribution in [0, 0.1) is 13.8 Å². The molecule has 0 saturated carbocycles. The van der Waals surface area contributed by atoms with Gasteiger partial charge in [-0.2, -0.15) is 5.10 Å². The molecule has 2 heterocycles. The average molecular weight is 337 g/mol. The third kappa shape index (κ3) is 3.48. The first-order valence-electron chi connectivity index (χ1n) is 7.36. The van der Waals surface area contributed by atoms with Gasteiger partial charge in [-0.05, 0) is 32.0 Å². The van der Waals surface area contributed by atoms with Crippen molar-refractivity contribution < 1.29 is 17.9 Å². The van der Waals surface area contributed by atoms with Crippen molar-refractivity contribution in [3.8, 4) is 11.5 Å². The van der Waals surface area contributed by atoms with Crippen molar-refractivity contribution in [3.63, 3.8) is 0 Å². The molecule has 0 amide bonds. The molecule has 0 spiro atoms. The molecule has 1 N–H and O–H groups in total. The Bertz CT molecular complexity index is 814. The molecule has 7 nitrogen and oxygen atoms in total. The molecule has 3 rings (SSSR count). The number of benzene rings is 1. The molecular formula is C15H19N3O4S. The number of fused-ring (bicyclic) bond motifs is 1. The van der Waals surface area contributed by atoms with E-state index in [-0.39, 0.29) is 11.4 Å². The average Bonchev–Trinajstić information content (AvgIpc) is 2.84. The van der Waals surface area contributed by atoms with Gasteiger partial charge in [-0.1, -0.05) is 0 Å². The number of ether oxygens (including phenoxy) is 2. The van der Waals surface area contributed by atoms with Crippen molar-refractivity contribution in [2.45, 2.75) is 25.3 Å². The Labute approximate surface area is 135 Å². The maximum Gasteiger partial charge on any atom is 0.240 e. The van der Waals surface area contributed by atoms with Crippen molar-refractivity contribution in [2.75, 3.05) is 19.8 Å². The summed E-state index contributed by atoms with van der Waals surface area (Å²) in [6.45, 7) is 5.47. The molecule has 1 aliphatic rings. The van der Waals surface area contributed by atoms with E-state index in [0.717, 1.165) is 11.4 Å². The number of hydrogen-bond acceptors (Lipinski definition) is 5. The van der Waals surface area contributed by atoms with Gasteiger partial charge >= 0.3 is 0 Å². The molecule has 0 fully saturated rings. The van der Waals surface area contributed by atoms with Crippen LogP contribution in [0.4, 0.5) is 0 Å². The molecular weight excluding hydrogens is 318 g/mol. The first-order chi connectivity index (χ1) is 11.0. The third-order valence-electron chi connectivity index (χ3n) is 3.54. The van der Waals surface area contributed by atoms with Crippen molar-refractivity contribution in [1.82, 2.24) is 14.5 Å². The molecule has 0 unspecified atom stereocenters. The molecule has 2 aromatic rings. The first kappa shape index (κ1) is 15.8. The van der Waals surface area contributed by atoms with Crippen LogP contribution in [-0.4, -0.2) is 38.0 Å². The van der Waals surface area contributed by atoms with E-state index in [1.807, 2.05) is 19.9 Å². The monoisotopic (exact) mass is 337 g/mol. The molecule has 0 radical (unpaired) electrons. The summed E-state index contributed by atoms with van der Waals surface area (Å²) in [5, 5.41) is 4.31. The Morgan fingerprint density at radius 1 is 1.17 bits per heavy atom. The highest BCUT2D eigenvalue weighted by Gasteiger charge is 2.19. The van der Waals surface area contributed by atoms with Crippen LogP contribution in [0.3, 0.4) is 0 Å². The van der Waals surface area contributed by atoms with Gasteiger partial charge in [-0.15, -0.1) is 0 Å². The molecule has 23 heavy (non-hydrogen) atoms. The maximum atomic E-state index is 12.4. The predicted octanol–water partition coefficient (Wildman–Crippen LogP) is 1.25. The van der Waals surface area contributed by atoms with E-state index in [9.17, 15) is 8.42 Å². The van der Waals surface area contributed by atoms with E-state index in [0.29, 0.717) is 31.3 Å². The van der Waals surface area contributed by atoms with Gasteiger partial charge in [0.05, 0.1) is 17.1 Å². The van der Waals surface area contributed by atoms with Crippen LogP contribution in [0.1, 0.15) is 11.4 Å². The second-order valence-corrected chi connectivity index (χ2v) is 7.12. The summed E-state index contributed by atoms with van der Waals surface area (Å²) in [7, 11) is -3.60. The van der Waals surface area contributed by atoms with Gasteiger partial charge in [-0.25, -0.2) is 13.1 Å². The second kappa shape index (κ2) is 6.21. The quantitative estimate of drug-likeness (QED) is 0.888. The summed E-state index contributed by atoms with van der Waals surface area (Å²) < 4.78 is 39.9. The fourth-order valence-electron chi connectivity index (χ4n) is 2.46. The van der Waals surface area contributed by atoms with Crippen LogP contribution in [0.2, 0.25) is 0 Å². The number of sulfonamides is 1. The topological polar surface area (TPSA) is 82.5 Å². The Balaban J connectivity index is 1.68. The van der Waals surface area contributed by atoms with Crippen LogP contribution in [0.15, 0.2) is 29.2 Å². The zero-order chi connectivity index (χ0) is 16.4. The Kier molecular flexibility index (Phi) is 4.27. The molecule has 124 valence electrons. The fourth-order valence-corrected chi connectivity index (χ4v) is 3.50. The highest BCUT2D eigenvalue weighted by molar-refractivity contribution is 7.89. The van der Waals surface area contributed by atoms with Crippen LogP contribution in [0.5, 0.6) is 11.5 Å². The van der Waals surface area contributed by atoms with Gasteiger partial charge in [-0.3, -0.25) is 4.68 Å². The number of aromatic nitrogens is 2. The lowest BCUT2D eigenvalue weighted by Gasteiger charge is -2.19. The number of nitrogens with zero attached hydrogens (tertiary/aromatic N) is 2. The maximum absolute atomic E-state index is 12.4. The molecule has 8 heteroatoms. The standard InChI is InChI=1S/C15H19N3O4S/c1-11-9-12(2)18(17-11)6-5-16-23(19,20)13-3-4-14-15(10-13)22-8-7-21-14/h3-4,9-10,16H,5-8H2,1-2H3. The first-order valence-corrected chi connectivity index (χ1v) is 8.84. The highest BCUT2D eigenvalue weighted by atomic mass is 32.2. The summed E-state index contributed by atoms with van der Waals surface area (Å²) in [5.41, 5.74) is 1.92.